The highest BCUT2D eigenvalue weighted by Gasteiger charge is 2.30. The Hall–Kier alpha value is -1.11. The second-order valence-corrected chi connectivity index (χ2v) is 5.13. The number of benzene rings is 1. The minimum Gasteiger partial charge on any atom is -0.492 e. The number of nitrogens with one attached hydrogen (secondary N) is 2. The van der Waals surface area contributed by atoms with Gasteiger partial charge in [0.05, 0.1) is 11.1 Å². The highest BCUT2D eigenvalue weighted by Crippen LogP contribution is 2.38. The van der Waals surface area contributed by atoms with Gasteiger partial charge in [-0.05, 0) is 29.0 Å². The summed E-state index contributed by atoms with van der Waals surface area (Å²) in [6.45, 7) is 1.25. The Morgan fingerprint density at radius 1 is 1.42 bits per heavy atom. The van der Waals surface area contributed by atoms with E-state index in [2.05, 4.69) is 26.6 Å². The molecule has 1 unspecified atom stereocenters. The maximum absolute atomic E-state index is 11.7. The van der Waals surface area contributed by atoms with Gasteiger partial charge in [-0.15, -0.1) is 0 Å². The Balaban J connectivity index is 2.12. The molecule has 2 rings (SSSR count). The zero-order valence-electron chi connectivity index (χ0n) is 11.0. The second kappa shape index (κ2) is 6.36. The lowest BCUT2D eigenvalue weighted by atomic mass is 10.1. The van der Waals surface area contributed by atoms with Crippen LogP contribution in [0.1, 0.15) is 18.0 Å². The predicted molar refractivity (Wildman–Crippen MR) is 76.6 cm³/mol. The first-order valence-corrected chi connectivity index (χ1v) is 6.90. The van der Waals surface area contributed by atoms with E-state index in [0.29, 0.717) is 13.2 Å². The van der Waals surface area contributed by atoms with Gasteiger partial charge in [-0.25, -0.2) is 0 Å². The number of likely N-dealkylation sites (N-methyl/N-ethyl adjacent to an activating group) is 1. The highest BCUT2D eigenvalue weighted by atomic mass is 79.9. The topological polar surface area (TPSA) is 59.6 Å². The molecule has 1 atom stereocenters. The van der Waals surface area contributed by atoms with E-state index in [-0.39, 0.29) is 11.9 Å². The molecule has 0 aliphatic carbocycles. The summed E-state index contributed by atoms with van der Waals surface area (Å²) in [5.74, 6) is 0.688. The number of carbonyl (C=O) groups excluding carboxylic acids is 1. The predicted octanol–water partition coefficient (Wildman–Crippen LogP) is 2.08. The molecule has 0 spiro atoms. The number of methoxy groups -OCH3 is 1. The molecule has 5 nitrogen and oxygen atoms in total. The second-order valence-electron chi connectivity index (χ2n) is 4.28. The van der Waals surface area contributed by atoms with Crippen LogP contribution in [0.25, 0.3) is 0 Å². The van der Waals surface area contributed by atoms with Crippen molar-refractivity contribution >= 4 is 27.5 Å². The van der Waals surface area contributed by atoms with Gasteiger partial charge in [-0.2, -0.15) is 0 Å². The zero-order valence-corrected chi connectivity index (χ0v) is 12.5. The number of anilines is 1. The molecule has 0 radical (unpaired) electrons. The Labute approximate surface area is 120 Å². The van der Waals surface area contributed by atoms with Crippen LogP contribution in [-0.2, 0) is 9.53 Å². The fraction of sp³-hybridized carbons (Fsp3) is 0.462. The van der Waals surface area contributed by atoms with E-state index in [4.69, 9.17) is 9.47 Å². The number of fused-ring (bicyclic) bond motifs is 1. The summed E-state index contributed by atoms with van der Waals surface area (Å²) in [4.78, 5) is 11.7. The van der Waals surface area contributed by atoms with Crippen LogP contribution in [0.3, 0.4) is 0 Å². The van der Waals surface area contributed by atoms with E-state index in [1.54, 1.807) is 14.2 Å². The SMILES string of the molecule is CNC1C(=O)Nc2cc(OCCCOC)c(Br)cc21. The molecule has 104 valence electrons. The molecule has 1 heterocycles. The van der Waals surface area contributed by atoms with Crippen LogP contribution in [0, 0.1) is 0 Å². The van der Waals surface area contributed by atoms with Gasteiger partial charge in [0.15, 0.2) is 0 Å². The van der Waals surface area contributed by atoms with Crippen LogP contribution in [-0.4, -0.2) is 33.3 Å². The van der Waals surface area contributed by atoms with E-state index in [1.807, 2.05) is 12.1 Å². The van der Waals surface area contributed by atoms with Crippen LogP contribution in [0.5, 0.6) is 5.75 Å². The number of ether oxygens (including phenoxy) is 2. The Morgan fingerprint density at radius 2 is 2.21 bits per heavy atom. The van der Waals surface area contributed by atoms with Crippen molar-refractivity contribution in [2.24, 2.45) is 0 Å². The van der Waals surface area contributed by atoms with Gasteiger partial charge in [0, 0.05) is 37.5 Å². The molecule has 0 saturated carbocycles. The lowest BCUT2D eigenvalue weighted by Gasteiger charge is -2.11. The first kappa shape index (κ1) is 14.3. The smallest absolute Gasteiger partial charge is 0.246 e. The number of halogens is 1. The summed E-state index contributed by atoms with van der Waals surface area (Å²) in [5.41, 5.74) is 1.73. The van der Waals surface area contributed by atoms with Crippen molar-refractivity contribution in [1.82, 2.24) is 5.32 Å². The Bertz CT molecular complexity index is 479. The summed E-state index contributed by atoms with van der Waals surface area (Å²) in [6.07, 6.45) is 0.825. The number of hydrogen-bond donors (Lipinski definition) is 2. The number of rotatable bonds is 6. The van der Waals surface area contributed by atoms with E-state index < -0.39 is 0 Å². The van der Waals surface area contributed by atoms with Crippen molar-refractivity contribution in [3.8, 4) is 5.75 Å². The monoisotopic (exact) mass is 328 g/mol. The number of hydrogen-bond acceptors (Lipinski definition) is 4. The van der Waals surface area contributed by atoms with Crippen LogP contribution >= 0.6 is 15.9 Å². The summed E-state index contributed by atoms with van der Waals surface area (Å²) in [7, 11) is 3.43. The number of carbonyl (C=O) groups is 1. The van der Waals surface area contributed by atoms with E-state index in [0.717, 1.165) is 27.9 Å². The van der Waals surface area contributed by atoms with Gasteiger partial charge in [-0.3, -0.25) is 4.79 Å². The summed E-state index contributed by atoms with van der Waals surface area (Å²) in [6, 6.07) is 3.47. The first-order valence-electron chi connectivity index (χ1n) is 6.10. The quantitative estimate of drug-likeness (QED) is 0.785. The molecule has 2 N–H and O–H groups in total. The molecule has 6 heteroatoms. The van der Waals surface area contributed by atoms with Gasteiger partial charge in [0.2, 0.25) is 5.91 Å². The molecule has 0 saturated heterocycles. The molecule has 0 bridgehead atoms. The molecule has 1 aromatic rings. The van der Waals surface area contributed by atoms with E-state index in [1.165, 1.54) is 0 Å². The van der Waals surface area contributed by atoms with Crippen LogP contribution < -0.4 is 15.4 Å². The molecule has 19 heavy (non-hydrogen) atoms. The average Bonchev–Trinajstić information content (AvgIpc) is 2.69. The molecular formula is C13H17BrN2O3. The number of amides is 1. The third kappa shape index (κ3) is 3.08. The van der Waals surface area contributed by atoms with Gasteiger partial charge >= 0.3 is 0 Å². The third-order valence-corrected chi connectivity index (χ3v) is 3.59. The fourth-order valence-corrected chi connectivity index (χ4v) is 2.52. The highest BCUT2D eigenvalue weighted by molar-refractivity contribution is 9.10. The van der Waals surface area contributed by atoms with Crippen LogP contribution in [0.15, 0.2) is 16.6 Å². The van der Waals surface area contributed by atoms with Crippen molar-refractivity contribution in [2.75, 3.05) is 32.7 Å². The van der Waals surface area contributed by atoms with Gasteiger partial charge in [-0.1, -0.05) is 0 Å². The molecule has 1 aliphatic rings. The Kier molecular flexibility index (Phi) is 4.79. The van der Waals surface area contributed by atoms with Gasteiger partial charge in [0.25, 0.3) is 0 Å². The van der Waals surface area contributed by atoms with Crippen LogP contribution in [0.4, 0.5) is 5.69 Å². The zero-order chi connectivity index (χ0) is 13.8. The first-order chi connectivity index (χ1) is 9.17. The molecule has 1 aromatic carbocycles. The van der Waals surface area contributed by atoms with Crippen molar-refractivity contribution in [2.45, 2.75) is 12.5 Å². The normalized spacial score (nSPS) is 17.2. The molecule has 1 aliphatic heterocycles. The minimum atomic E-state index is -0.297. The molecule has 1 amide bonds. The summed E-state index contributed by atoms with van der Waals surface area (Å²) >= 11 is 3.47. The van der Waals surface area contributed by atoms with Crippen LogP contribution in [0.2, 0.25) is 0 Å². The minimum absolute atomic E-state index is 0.0408. The van der Waals surface area contributed by atoms with Crippen molar-refractivity contribution in [3.63, 3.8) is 0 Å². The summed E-state index contributed by atoms with van der Waals surface area (Å²) < 4.78 is 11.5. The summed E-state index contributed by atoms with van der Waals surface area (Å²) in [5, 5.41) is 5.83. The largest absolute Gasteiger partial charge is 0.492 e. The maximum atomic E-state index is 11.7. The lowest BCUT2D eigenvalue weighted by molar-refractivity contribution is -0.117. The van der Waals surface area contributed by atoms with Crippen molar-refractivity contribution in [1.29, 1.82) is 0 Å². The molecule has 0 aromatic heterocycles. The Morgan fingerprint density at radius 3 is 2.89 bits per heavy atom. The standard InChI is InChI=1S/C13H17BrN2O3/c1-15-12-8-6-9(14)11(19-5-3-4-18-2)7-10(8)16-13(12)17/h6-7,12,15H,3-5H2,1-2H3,(H,16,17). The van der Waals surface area contributed by atoms with E-state index >= 15 is 0 Å². The molecular weight excluding hydrogens is 312 g/mol. The van der Waals surface area contributed by atoms with Crippen molar-refractivity contribution in [3.05, 3.63) is 22.2 Å². The van der Waals surface area contributed by atoms with Crippen molar-refractivity contribution < 1.29 is 14.3 Å². The van der Waals surface area contributed by atoms with Gasteiger partial charge < -0.3 is 20.1 Å². The molecule has 0 fully saturated rings. The van der Waals surface area contributed by atoms with Gasteiger partial charge in [0.1, 0.15) is 11.8 Å². The lowest BCUT2D eigenvalue weighted by Crippen LogP contribution is -2.23. The average molecular weight is 329 g/mol. The van der Waals surface area contributed by atoms with E-state index in [9.17, 15) is 4.79 Å². The maximum Gasteiger partial charge on any atom is 0.246 e. The third-order valence-electron chi connectivity index (χ3n) is 2.97. The fourth-order valence-electron chi connectivity index (χ4n) is 2.04.